The summed E-state index contributed by atoms with van der Waals surface area (Å²) in [4.78, 5) is 13.6. The summed E-state index contributed by atoms with van der Waals surface area (Å²) < 4.78 is 14.9. The number of halogens is 1. The van der Waals surface area contributed by atoms with Crippen molar-refractivity contribution in [2.45, 2.75) is 6.92 Å². The van der Waals surface area contributed by atoms with Crippen LogP contribution in [-0.2, 0) is 7.05 Å². The molecule has 19 heavy (non-hydrogen) atoms. The van der Waals surface area contributed by atoms with Gasteiger partial charge in [-0.05, 0) is 42.8 Å². The molecule has 1 amide bonds. The van der Waals surface area contributed by atoms with Crippen LogP contribution in [0.2, 0.25) is 0 Å². The zero-order valence-corrected chi connectivity index (χ0v) is 11.6. The fourth-order valence-corrected chi connectivity index (χ4v) is 2.05. The minimum absolute atomic E-state index is 0.0264. The van der Waals surface area contributed by atoms with Crippen molar-refractivity contribution in [3.63, 3.8) is 0 Å². The minimum atomic E-state index is -0.265. The quantitative estimate of drug-likeness (QED) is 0.815. The lowest BCUT2D eigenvalue weighted by molar-refractivity contribution is 0.0827. The third-order valence-corrected chi connectivity index (χ3v) is 3.31. The van der Waals surface area contributed by atoms with Crippen molar-refractivity contribution in [2.75, 3.05) is 14.1 Å². The average Bonchev–Trinajstić information content (AvgIpc) is 2.67. The van der Waals surface area contributed by atoms with Crippen molar-refractivity contribution in [3.05, 3.63) is 47.4 Å². The summed E-state index contributed by atoms with van der Waals surface area (Å²) >= 11 is 0. The first kappa shape index (κ1) is 13.3. The molecule has 100 valence electrons. The normalized spacial score (nSPS) is 10.6. The van der Waals surface area contributed by atoms with Crippen LogP contribution in [0.4, 0.5) is 4.39 Å². The lowest BCUT2D eigenvalue weighted by Crippen LogP contribution is -2.22. The van der Waals surface area contributed by atoms with Gasteiger partial charge < -0.3 is 9.47 Å². The Bertz CT molecular complexity index is 612. The van der Waals surface area contributed by atoms with Crippen LogP contribution in [0.5, 0.6) is 0 Å². The van der Waals surface area contributed by atoms with E-state index in [1.807, 2.05) is 24.6 Å². The number of rotatable bonds is 2. The van der Waals surface area contributed by atoms with Crippen molar-refractivity contribution >= 4 is 5.91 Å². The van der Waals surface area contributed by atoms with Crippen molar-refractivity contribution in [1.82, 2.24) is 9.47 Å². The molecule has 2 rings (SSSR count). The van der Waals surface area contributed by atoms with Gasteiger partial charge in [0.2, 0.25) is 0 Å². The van der Waals surface area contributed by atoms with Crippen LogP contribution in [0.3, 0.4) is 0 Å². The third kappa shape index (κ3) is 2.38. The van der Waals surface area contributed by atoms with Crippen molar-refractivity contribution < 1.29 is 9.18 Å². The van der Waals surface area contributed by atoms with Crippen LogP contribution in [0.15, 0.2) is 30.3 Å². The van der Waals surface area contributed by atoms with Gasteiger partial charge in [0.1, 0.15) is 5.82 Å². The van der Waals surface area contributed by atoms with E-state index in [9.17, 15) is 9.18 Å². The van der Waals surface area contributed by atoms with Gasteiger partial charge in [-0.3, -0.25) is 4.79 Å². The molecule has 0 aliphatic rings. The van der Waals surface area contributed by atoms with Crippen molar-refractivity contribution in [2.24, 2.45) is 7.05 Å². The fraction of sp³-hybridized carbons (Fsp3) is 0.267. The molecule has 3 nitrogen and oxygen atoms in total. The van der Waals surface area contributed by atoms with Gasteiger partial charge in [-0.1, -0.05) is 0 Å². The van der Waals surface area contributed by atoms with E-state index in [2.05, 4.69) is 0 Å². The van der Waals surface area contributed by atoms with E-state index in [4.69, 9.17) is 0 Å². The zero-order valence-electron chi connectivity index (χ0n) is 11.6. The maximum atomic E-state index is 13.0. The molecular formula is C15H17FN2O. The number of hydrogen-bond donors (Lipinski definition) is 0. The van der Waals surface area contributed by atoms with Crippen molar-refractivity contribution in [1.29, 1.82) is 0 Å². The van der Waals surface area contributed by atoms with Gasteiger partial charge in [0.25, 0.3) is 5.91 Å². The molecule has 0 aliphatic carbocycles. The molecule has 0 N–H and O–H groups in total. The monoisotopic (exact) mass is 260 g/mol. The van der Waals surface area contributed by atoms with Crippen LogP contribution in [0.25, 0.3) is 11.3 Å². The SMILES string of the molecule is Cc1c(C(=O)N(C)C)cc(-c2ccc(F)cc2)n1C. The van der Waals surface area contributed by atoms with Gasteiger partial charge in [-0.2, -0.15) is 0 Å². The first-order valence-corrected chi connectivity index (χ1v) is 6.05. The van der Waals surface area contributed by atoms with E-state index in [0.29, 0.717) is 5.56 Å². The smallest absolute Gasteiger partial charge is 0.255 e. The lowest BCUT2D eigenvalue weighted by atomic mass is 10.1. The second kappa shape index (κ2) is 4.88. The summed E-state index contributed by atoms with van der Waals surface area (Å²) in [5.74, 6) is -0.291. The predicted molar refractivity (Wildman–Crippen MR) is 73.6 cm³/mol. The summed E-state index contributed by atoms with van der Waals surface area (Å²) in [7, 11) is 5.36. The minimum Gasteiger partial charge on any atom is -0.347 e. The van der Waals surface area contributed by atoms with Crippen LogP contribution in [0, 0.1) is 12.7 Å². The Kier molecular flexibility index (Phi) is 3.42. The molecule has 0 aliphatic heterocycles. The highest BCUT2D eigenvalue weighted by Crippen LogP contribution is 2.25. The van der Waals surface area contributed by atoms with E-state index in [1.165, 1.54) is 12.1 Å². The molecule has 0 unspecified atom stereocenters. The number of aromatic nitrogens is 1. The van der Waals surface area contributed by atoms with Gasteiger partial charge in [0.05, 0.1) is 5.56 Å². The molecule has 1 aromatic heterocycles. The average molecular weight is 260 g/mol. The summed E-state index contributed by atoms with van der Waals surface area (Å²) in [6.45, 7) is 1.91. The molecule has 1 heterocycles. The van der Waals surface area contributed by atoms with Gasteiger partial charge in [-0.25, -0.2) is 4.39 Å². The molecule has 0 radical (unpaired) electrons. The first-order chi connectivity index (χ1) is 8.91. The topological polar surface area (TPSA) is 25.2 Å². The Labute approximate surface area is 112 Å². The second-order valence-electron chi connectivity index (χ2n) is 4.79. The first-order valence-electron chi connectivity index (χ1n) is 6.05. The Hall–Kier alpha value is -2.10. The van der Waals surface area contributed by atoms with Crippen LogP contribution in [0.1, 0.15) is 16.1 Å². The van der Waals surface area contributed by atoms with E-state index in [-0.39, 0.29) is 11.7 Å². The largest absolute Gasteiger partial charge is 0.347 e. The molecule has 0 spiro atoms. The van der Waals surface area contributed by atoms with Gasteiger partial charge in [0, 0.05) is 32.5 Å². The lowest BCUT2D eigenvalue weighted by Gasteiger charge is -2.09. The molecule has 2 aromatic rings. The maximum Gasteiger partial charge on any atom is 0.255 e. The summed E-state index contributed by atoms with van der Waals surface area (Å²) in [6.07, 6.45) is 0. The number of benzene rings is 1. The molecule has 0 atom stereocenters. The van der Waals surface area contributed by atoms with E-state index in [0.717, 1.165) is 17.0 Å². The Balaban J connectivity index is 2.51. The second-order valence-corrected chi connectivity index (χ2v) is 4.79. The van der Waals surface area contributed by atoms with E-state index < -0.39 is 0 Å². The highest BCUT2D eigenvalue weighted by atomic mass is 19.1. The molecule has 1 aromatic carbocycles. The summed E-state index contributed by atoms with van der Waals surface area (Å²) in [5.41, 5.74) is 3.37. The zero-order chi connectivity index (χ0) is 14.2. The standard InChI is InChI=1S/C15H17FN2O/c1-10-13(15(19)17(2)3)9-14(18(10)4)11-5-7-12(16)8-6-11/h5-9H,1-4H3. The summed E-state index contributed by atoms with van der Waals surface area (Å²) in [6, 6.07) is 8.13. The Morgan fingerprint density at radius 1 is 1.21 bits per heavy atom. The number of carbonyl (C=O) groups excluding carboxylic acids is 1. The number of amides is 1. The van der Waals surface area contributed by atoms with Gasteiger partial charge >= 0.3 is 0 Å². The third-order valence-electron chi connectivity index (χ3n) is 3.31. The molecule has 0 saturated heterocycles. The fourth-order valence-electron chi connectivity index (χ4n) is 2.05. The number of carbonyl (C=O) groups is 1. The van der Waals surface area contributed by atoms with Crippen LogP contribution < -0.4 is 0 Å². The molecule has 4 heteroatoms. The van der Waals surface area contributed by atoms with Gasteiger partial charge in [-0.15, -0.1) is 0 Å². The highest BCUT2D eigenvalue weighted by Gasteiger charge is 2.17. The predicted octanol–water partition coefficient (Wildman–Crippen LogP) is 2.84. The van der Waals surface area contributed by atoms with E-state index >= 15 is 0 Å². The Morgan fingerprint density at radius 2 is 1.79 bits per heavy atom. The van der Waals surface area contributed by atoms with Gasteiger partial charge in [0.15, 0.2) is 0 Å². The molecule has 0 bridgehead atoms. The maximum absolute atomic E-state index is 13.0. The Morgan fingerprint density at radius 3 is 2.32 bits per heavy atom. The highest BCUT2D eigenvalue weighted by molar-refractivity contribution is 5.96. The molecule has 0 fully saturated rings. The number of hydrogen-bond acceptors (Lipinski definition) is 1. The van der Waals surface area contributed by atoms with Crippen molar-refractivity contribution in [3.8, 4) is 11.3 Å². The van der Waals surface area contributed by atoms with Crippen LogP contribution in [-0.4, -0.2) is 29.5 Å². The molecular weight excluding hydrogens is 243 g/mol. The summed E-state index contributed by atoms with van der Waals surface area (Å²) in [5, 5.41) is 0. The molecule has 0 saturated carbocycles. The van der Waals surface area contributed by atoms with Crippen LogP contribution >= 0.6 is 0 Å². The van der Waals surface area contributed by atoms with E-state index in [1.54, 1.807) is 31.1 Å². The number of nitrogens with zero attached hydrogens (tertiary/aromatic N) is 2.